The Labute approximate surface area is 367 Å². The predicted octanol–water partition coefficient (Wildman–Crippen LogP) is 15.5. The van der Waals surface area contributed by atoms with Crippen molar-refractivity contribution in [3.05, 3.63) is 152 Å². The molecule has 0 spiro atoms. The van der Waals surface area contributed by atoms with Gasteiger partial charge in [-0.3, -0.25) is 6.08 Å². The van der Waals surface area contributed by atoms with Crippen molar-refractivity contribution in [3.63, 3.8) is 0 Å². The van der Waals surface area contributed by atoms with E-state index in [1.165, 1.54) is 93.6 Å². The van der Waals surface area contributed by atoms with Crippen LogP contribution in [-0.2, 0) is 41.5 Å². The van der Waals surface area contributed by atoms with Crippen molar-refractivity contribution in [1.82, 2.24) is 0 Å². The van der Waals surface area contributed by atoms with E-state index in [-0.39, 0.29) is 35.6 Å². The zero-order valence-corrected chi connectivity index (χ0v) is 40.3. The first-order valence-electron chi connectivity index (χ1n) is 18.4. The molecule has 2 aliphatic carbocycles. The third kappa shape index (κ3) is 16.8. The number of unbranched alkanes of at least 4 members (excludes halogenated alkanes) is 1. The maximum absolute atomic E-state index is 5.52. The zero-order valence-electron chi connectivity index (χ0n) is 34.7. The number of halogens is 4. The van der Waals surface area contributed by atoms with Gasteiger partial charge in [0.05, 0.1) is 0 Å². The van der Waals surface area contributed by atoms with Gasteiger partial charge in [-0.15, -0.1) is 64.7 Å². The Hall–Kier alpha value is -1.73. The molecule has 0 bridgehead atoms. The van der Waals surface area contributed by atoms with Crippen LogP contribution in [0.15, 0.2) is 84.5 Å². The van der Waals surface area contributed by atoms with Gasteiger partial charge >= 0.3 is 28.4 Å². The minimum atomic E-state index is 0. The molecule has 0 heterocycles. The second-order valence-corrected chi connectivity index (χ2v) is 17.4. The average Bonchev–Trinajstić information content (AvgIpc) is 3.69. The molecule has 1 unspecified atom stereocenters. The molecule has 0 N–H and O–H groups in total. The van der Waals surface area contributed by atoms with E-state index in [9.17, 15) is 0 Å². The van der Waals surface area contributed by atoms with Crippen molar-refractivity contribution >= 4 is 52.2 Å². The number of fused-ring (bicyclic) bond motifs is 3. The summed E-state index contributed by atoms with van der Waals surface area (Å²) in [7, 11) is 0. The first kappa shape index (κ1) is 52.3. The van der Waals surface area contributed by atoms with E-state index in [1.54, 1.807) is 48.5 Å². The maximum atomic E-state index is 5.52. The van der Waals surface area contributed by atoms with Crippen LogP contribution in [-0.4, -0.2) is 4.21 Å². The topological polar surface area (TPSA) is 0 Å². The first-order valence-corrected chi connectivity index (χ1v) is 20.9. The number of aryl methyl sites for hydroxylation is 2. The Morgan fingerprint density at radius 3 is 1.59 bits per heavy atom. The van der Waals surface area contributed by atoms with Gasteiger partial charge in [0.15, 0.2) is 0 Å². The SMILES string of the molecule is CCCCC1[C-]=CC(C(C)(C)C)=C1.Cc1[c-]c2c(cc1C(C)(C)C)-c1cc(C(C)(C)C)c(C)cc1C2.Cl.Cl.Clc1cc[c-]cc1.Clc1cc[c-]cc1.[CH2]=[Zr]. The molecule has 0 saturated carbocycles. The minimum absolute atomic E-state index is 0. The standard InChI is InChI=1S/C23H29.C13H21.2C6H4Cl.CH2.2ClH.Zr/c1-14-9-16-11-17-10-15(2)21(23(6,7)8)13-19(17)18(16)12-20(14)22(3,4)5;1-5-6-7-11-8-9-12(10-11)13(2,3)4;2*7-6-4-2-1-3-5-6;;;;/h9,12-13H,11H2,1-8H3;9-11H,5-7H2,1-4H3;2*2-5H;1H2;2*1H;/q4*-1;;;;. The number of rotatable bonds is 3. The summed E-state index contributed by atoms with van der Waals surface area (Å²) in [4.78, 5) is 0. The molecule has 6 rings (SSSR count). The van der Waals surface area contributed by atoms with Crippen molar-refractivity contribution in [2.75, 3.05) is 0 Å². The van der Waals surface area contributed by atoms with Gasteiger partial charge in [-0.2, -0.15) is 90.0 Å². The molecular weight excluding hydrogens is 822 g/mol. The molecule has 0 nitrogen and oxygen atoms in total. The summed E-state index contributed by atoms with van der Waals surface area (Å²) in [5.74, 6) is 0.592. The number of benzene rings is 4. The van der Waals surface area contributed by atoms with Crippen LogP contribution in [0.2, 0.25) is 10.0 Å². The van der Waals surface area contributed by atoms with Crippen molar-refractivity contribution < 1.29 is 24.2 Å². The third-order valence-electron chi connectivity index (χ3n) is 9.00. The third-order valence-corrected chi connectivity index (χ3v) is 9.51. The molecule has 54 heavy (non-hydrogen) atoms. The first-order chi connectivity index (χ1) is 24.3. The summed E-state index contributed by atoms with van der Waals surface area (Å²) in [5, 5.41) is 1.53. The van der Waals surface area contributed by atoms with Crippen molar-refractivity contribution in [3.8, 4) is 11.1 Å². The van der Waals surface area contributed by atoms with Crippen LogP contribution in [0.1, 0.15) is 122 Å². The summed E-state index contributed by atoms with van der Waals surface area (Å²) in [6.45, 7) is 27.3. The van der Waals surface area contributed by atoms with Gasteiger partial charge in [-0.05, 0) is 35.4 Å². The van der Waals surface area contributed by atoms with Crippen LogP contribution in [0, 0.1) is 49.5 Å². The number of hydrogen-bond donors (Lipinski definition) is 0. The quantitative estimate of drug-likeness (QED) is 0.158. The Morgan fingerprint density at radius 1 is 0.722 bits per heavy atom. The number of hydrogen-bond acceptors (Lipinski definition) is 0. The van der Waals surface area contributed by atoms with Crippen molar-refractivity contribution in [2.24, 2.45) is 11.3 Å². The van der Waals surface area contributed by atoms with Crippen LogP contribution in [0.4, 0.5) is 0 Å². The molecule has 0 aliphatic heterocycles. The molecule has 0 aromatic heterocycles. The van der Waals surface area contributed by atoms with E-state index in [2.05, 4.69) is 142 Å². The van der Waals surface area contributed by atoms with E-state index < -0.39 is 0 Å². The normalized spacial score (nSPS) is 13.6. The summed E-state index contributed by atoms with van der Waals surface area (Å²) >= 11 is 12.3. The van der Waals surface area contributed by atoms with Gasteiger partial charge in [0, 0.05) is 0 Å². The van der Waals surface area contributed by atoms with Crippen LogP contribution in [0.25, 0.3) is 11.1 Å². The van der Waals surface area contributed by atoms with Crippen molar-refractivity contribution in [2.45, 2.75) is 120 Å². The molecule has 4 aromatic carbocycles. The van der Waals surface area contributed by atoms with E-state index in [4.69, 9.17) is 23.2 Å². The molecule has 0 saturated heterocycles. The van der Waals surface area contributed by atoms with Crippen molar-refractivity contribution in [1.29, 1.82) is 0 Å². The summed E-state index contributed by atoms with van der Waals surface area (Å²) in [6.07, 6.45) is 12.9. The Kier molecular flexibility index (Phi) is 23.4. The van der Waals surface area contributed by atoms with Gasteiger partial charge in [-0.25, -0.2) is 6.08 Å². The van der Waals surface area contributed by atoms with Crippen LogP contribution >= 0.6 is 48.0 Å². The fraction of sp³-hybridized carbons (Fsp3) is 0.408. The van der Waals surface area contributed by atoms with Gasteiger partial charge in [-0.1, -0.05) is 140 Å². The molecular formula is C49H62Cl4Zr-4. The van der Waals surface area contributed by atoms with Crippen LogP contribution < -0.4 is 0 Å². The fourth-order valence-corrected chi connectivity index (χ4v) is 6.57. The second-order valence-electron chi connectivity index (χ2n) is 16.6. The molecule has 0 radical (unpaired) electrons. The summed E-state index contributed by atoms with van der Waals surface area (Å²) in [6, 6.07) is 30.9. The fourth-order valence-electron chi connectivity index (χ4n) is 6.32. The summed E-state index contributed by atoms with van der Waals surface area (Å²) < 4.78 is 3.34. The molecule has 294 valence electrons. The van der Waals surface area contributed by atoms with Crippen LogP contribution in [0.5, 0.6) is 0 Å². The van der Waals surface area contributed by atoms with Crippen LogP contribution in [0.3, 0.4) is 0 Å². The molecule has 2 aliphatic rings. The zero-order chi connectivity index (χ0) is 39.3. The summed E-state index contributed by atoms with van der Waals surface area (Å²) in [5.41, 5.74) is 13.4. The van der Waals surface area contributed by atoms with Gasteiger partial charge in [0.2, 0.25) is 0 Å². The van der Waals surface area contributed by atoms with E-state index in [0.29, 0.717) is 11.3 Å². The van der Waals surface area contributed by atoms with E-state index in [1.807, 2.05) is 0 Å². The molecule has 4 aromatic rings. The van der Waals surface area contributed by atoms with Gasteiger partial charge < -0.3 is 0 Å². The average molecular weight is 884 g/mol. The molecule has 0 fully saturated rings. The predicted molar refractivity (Wildman–Crippen MR) is 241 cm³/mol. The Morgan fingerprint density at radius 2 is 1.20 bits per heavy atom. The molecule has 1 atom stereocenters. The van der Waals surface area contributed by atoms with Gasteiger partial charge in [0.1, 0.15) is 0 Å². The monoisotopic (exact) mass is 880 g/mol. The van der Waals surface area contributed by atoms with Gasteiger partial charge in [0.25, 0.3) is 0 Å². The van der Waals surface area contributed by atoms with E-state index >= 15 is 0 Å². The molecule has 0 amide bonds. The van der Waals surface area contributed by atoms with E-state index in [0.717, 1.165) is 16.5 Å². The second kappa shape index (κ2) is 24.1. The molecule has 5 heteroatoms. The number of allylic oxidation sites excluding steroid dienone is 4. The Balaban J connectivity index is 0.000000764. The Bertz CT molecular complexity index is 1650.